The maximum absolute atomic E-state index is 12.3. The lowest BCUT2D eigenvalue weighted by molar-refractivity contribution is -0.114. The fourth-order valence-corrected chi connectivity index (χ4v) is 4.11. The van der Waals surface area contributed by atoms with Crippen molar-refractivity contribution in [3.05, 3.63) is 0 Å². The molecule has 0 radical (unpaired) electrons. The summed E-state index contributed by atoms with van der Waals surface area (Å²) in [7, 11) is -3.73. The van der Waals surface area contributed by atoms with E-state index in [9.17, 15) is 13.2 Å². The van der Waals surface area contributed by atoms with Gasteiger partial charge in [0.15, 0.2) is 0 Å². The molecule has 19 heavy (non-hydrogen) atoms. The Hall–Kier alpha value is -1.10. The highest BCUT2D eigenvalue weighted by atomic mass is 32.2. The fraction of sp³-hybridized carbons (Fsp3) is 0.667. The quantitative estimate of drug-likeness (QED) is 0.706. The van der Waals surface area contributed by atoms with Crippen molar-refractivity contribution in [3.63, 3.8) is 0 Å². The van der Waals surface area contributed by atoms with Crippen molar-refractivity contribution < 1.29 is 13.2 Å². The summed E-state index contributed by atoms with van der Waals surface area (Å²) in [6.45, 7) is 5.24. The van der Waals surface area contributed by atoms with Crippen LogP contribution in [0.2, 0.25) is 0 Å². The highest BCUT2D eigenvalue weighted by molar-refractivity contribution is 7.91. The Balaban J connectivity index is 3.04. The van der Waals surface area contributed by atoms with E-state index in [-0.39, 0.29) is 34.5 Å². The van der Waals surface area contributed by atoms with E-state index in [0.29, 0.717) is 0 Å². The molecule has 108 valence electrons. The lowest BCUT2D eigenvalue weighted by atomic mass is 10.4. The summed E-state index contributed by atoms with van der Waals surface area (Å²) < 4.78 is 25.8. The van der Waals surface area contributed by atoms with Gasteiger partial charge in [-0.15, -0.1) is 10.2 Å². The van der Waals surface area contributed by atoms with Crippen molar-refractivity contribution in [2.45, 2.75) is 31.2 Å². The topological polar surface area (TPSA) is 118 Å². The molecule has 0 aromatic carbocycles. The number of rotatable bonds is 6. The average Bonchev–Trinajstić information content (AvgIpc) is 2.73. The first-order valence-corrected chi connectivity index (χ1v) is 7.87. The van der Waals surface area contributed by atoms with E-state index in [1.165, 1.54) is 11.2 Å². The highest BCUT2D eigenvalue weighted by Gasteiger charge is 2.30. The van der Waals surface area contributed by atoms with Crippen LogP contribution in [-0.2, 0) is 14.8 Å². The first kappa shape index (κ1) is 16.0. The fourth-order valence-electron chi connectivity index (χ4n) is 1.40. The lowest BCUT2D eigenvalue weighted by Crippen LogP contribution is -2.40. The van der Waals surface area contributed by atoms with Crippen LogP contribution >= 0.6 is 11.3 Å². The second-order valence-corrected chi connectivity index (χ2v) is 7.09. The summed E-state index contributed by atoms with van der Waals surface area (Å²) in [5.74, 6) is -0.331. The van der Waals surface area contributed by atoms with Gasteiger partial charge in [-0.1, -0.05) is 11.3 Å². The lowest BCUT2D eigenvalue weighted by Gasteiger charge is -2.23. The van der Waals surface area contributed by atoms with Gasteiger partial charge in [-0.2, -0.15) is 4.31 Å². The zero-order valence-electron chi connectivity index (χ0n) is 11.0. The first-order chi connectivity index (χ1) is 8.78. The zero-order valence-corrected chi connectivity index (χ0v) is 12.6. The molecule has 0 saturated carbocycles. The van der Waals surface area contributed by atoms with Gasteiger partial charge in [0.2, 0.25) is 15.4 Å². The molecule has 3 N–H and O–H groups in total. The van der Waals surface area contributed by atoms with Crippen LogP contribution < -0.4 is 11.1 Å². The number of hydrogen-bond acceptors (Lipinski definition) is 7. The number of nitrogens with two attached hydrogens (primary N) is 1. The molecule has 0 bridgehead atoms. The van der Waals surface area contributed by atoms with Gasteiger partial charge in [0.25, 0.3) is 10.0 Å². The van der Waals surface area contributed by atoms with Crippen LogP contribution in [0.3, 0.4) is 0 Å². The van der Waals surface area contributed by atoms with Crippen LogP contribution in [0.4, 0.5) is 5.13 Å². The Morgan fingerprint density at radius 3 is 2.58 bits per heavy atom. The summed E-state index contributed by atoms with van der Waals surface area (Å²) in [6.07, 6.45) is 0. The maximum atomic E-state index is 12.3. The second-order valence-electron chi connectivity index (χ2n) is 4.05. The number of sulfonamides is 1. The molecule has 0 aliphatic rings. The Morgan fingerprint density at radius 2 is 2.11 bits per heavy atom. The molecule has 0 spiro atoms. The minimum absolute atomic E-state index is 0.154. The molecule has 0 atom stereocenters. The van der Waals surface area contributed by atoms with Crippen molar-refractivity contribution in [3.8, 4) is 0 Å². The Kier molecular flexibility index (Phi) is 5.35. The van der Waals surface area contributed by atoms with Crippen LogP contribution in [0.1, 0.15) is 20.8 Å². The number of anilines is 1. The molecule has 0 aliphatic carbocycles. The number of aromatic nitrogens is 2. The van der Waals surface area contributed by atoms with Gasteiger partial charge < -0.3 is 11.1 Å². The van der Waals surface area contributed by atoms with Gasteiger partial charge >= 0.3 is 0 Å². The Morgan fingerprint density at radius 1 is 1.47 bits per heavy atom. The van der Waals surface area contributed by atoms with E-state index in [2.05, 4.69) is 15.5 Å². The van der Waals surface area contributed by atoms with E-state index in [1.54, 1.807) is 13.8 Å². The van der Waals surface area contributed by atoms with E-state index in [1.807, 2.05) is 0 Å². The number of hydrogen-bond donors (Lipinski definition) is 2. The normalized spacial score (nSPS) is 12.1. The number of carbonyl (C=O) groups excluding carboxylic acids is 1. The molecule has 8 nitrogen and oxygen atoms in total. The minimum atomic E-state index is -3.73. The SMILES string of the molecule is CC(=O)Nc1nnc(S(=O)(=O)N(CCN)C(C)C)s1. The third-order valence-electron chi connectivity index (χ3n) is 2.14. The molecule has 0 unspecified atom stereocenters. The van der Waals surface area contributed by atoms with Gasteiger partial charge in [0.1, 0.15) is 0 Å². The first-order valence-electron chi connectivity index (χ1n) is 5.62. The van der Waals surface area contributed by atoms with Crippen LogP contribution in [0.25, 0.3) is 0 Å². The van der Waals surface area contributed by atoms with E-state index >= 15 is 0 Å². The second kappa shape index (κ2) is 6.37. The average molecular weight is 307 g/mol. The van der Waals surface area contributed by atoms with E-state index < -0.39 is 10.0 Å². The predicted molar refractivity (Wildman–Crippen MR) is 72.3 cm³/mol. The van der Waals surface area contributed by atoms with Crippen molar-refractivity contribution >= 4 is 32.4 Å². The number of carbonyl (C=O) groups is 1. The maximum Gasteiger partial charge on any atom is 0.272 e. The Bertz CT molecular complexity index is 540. The van der Waals surface area contributed by atoms with Crippen molar-refractivity contribution in [2.24, 2.45) is 5.73 Å². The van der Waals surface area contributed by atoms with Crippen LogP contribution in [0.5, 0.6) is 0 Å². The minimum Gasteiger partial charge on any atom is -0.329 e. The summed E-state index contributed by atoms with van der Waals surface area (Å²) in [6, 6.07) is -0.235. The van der Waals surface area contributed by atoms with Crippen molar-refractivity contribution in [2.75, 3.05) is 18.4 Å². The summed E-state index contributed by atoms with van der Waals surface area (Å²) >= 11 is 0.815. The molecule has 1 aromatic rings. The molecular weight excluding hydrogens is 290 g/mol. The highest BCUT2D eigenvalue weighted by Crippen LogP contribution is 2.24. The largest absolute Gasteiger partial charge is 0.329 e. The summed E-state index contributed by atoms with van der Waals surface area (Å²) in [5, 5.41) is 9.78. The molecule has 0 fully saturated rings. The van der Waals surface area contributed by atoms with Gasteiger partial charge in [-0.05, 0) is 13.8 Å². The third kappa shape index (κ3) is 3.93. The predicted octanol–water partition coefficient (Wildman–Crippen LogP) is -0.146. The van der Waals surface area contributed by atoms with Gasteiger partial charge in [-0.3, -0.25) is 4.79 Å². The molecule has 0 saturated heterocycles. The number of amides is 1. The standard InChI is InChI=1S/C9H17N5O3S2/c1-6(2)14(5-4-10)19(16,17)9-13-12-8(18-9)11-7(3)15/h6H,4-5,10H2,1-3H3,(H,11,12,15). The monoisotopic (exact) mass is 307 g/mol. The molecule has 1 aromatic heterocycles. The smallest absolute Gasteiger partial charge is 0.272 e. The third-order valence-corrected chi connectivity index (χ3v) is 5.40. The van der Waals surface area contributed by atoms with Crippen molar-refractivity contribution in [1.29, 1.82) is 0 Å². The summed E-state index contributed by atoms with van der Waals surface area (Å²) in [5.41, 5.74) is 5.42. The van der Waals surface area contributed by atoms with Crippen LogP contribution in [0.15, 0.2) is 4.34 Å². The number of nitrogens with zero attached hydrogens (tertiary/aromatic N) is 3. The summed E-state index contributed by atoms with van der Waals surface area (Å²) in [4.78, 5) is 10.9. The zero-order chi connectivity index (χ0) is 14.6. The Labute approximate surface area is 116 Å². The van der Waals surface area contributed by atoms with E-state index in [4.69, 9.17) is 5.73 Å². The van der Waals surface area contributed by atoms with Gasteiger partial charge in [-0.25, -0.2) is 8.42 Å². The van der Waals surface area contributed by atoms with Gasteiger partial charge in [0, 0.05) is 26.1 Å². The van der Waals surface area contributed by atoms with Crippen molar-refractivity contribution in [1.82, 2.24) is 14.5 Å². The van der Waals surface area contributed by atoms with E-state index in [0.717, 1.165) is 11.3 Å². The molecule has 10 heteroatoms. The molecule has 1 amide bonds. The van der Waals surface area contributed by atoms with Gasteiger partial charge in [0.05, 0.1) is 0 Å². The molecule has 0 aliphatic heterocycles. The molecule has 1 rings (SSSR count). The molecule has 1 heterocycles. The van der Waals surface area contributed by atoms with Crippen LogP contribution in [-0.4, -0.2) is 48.0 Å². The molecular formula is C9H17N5O3S2. The number of nitrogens with one attached hydrogen (secondary N) is 1. The van der Waals surface area contributed by atoms with Crippen LogP contribution in [0, 0.1) is 0 Å².